The Balaban J connectivity index is 1.98. The van der Waals surface area contributed by atoms with Crippen molar-refractivity contribution in [3.05, 3.63) is 31.2 Å². The fraction of sp³-hybridized carbons (Fsp3) is 0.357. The highest BCUT2D eigenvalue weighted by Crippen LogP contribution is 2.23. The van der Waals surface area contributed by atoms with Gasteiger partial charge in [0.05, 0.1) is 6.20 Å². The van der Waals surface area contributed by atoms with Gasteiger partial charge in [0.2, 0.25) is 5.91 Å². The molecule has 1 N–H and O–H groups in total. The number of piperidine rings is 1. The Morgan fingerprint density at radius 2 is 2.10 bits per heavy atom. The summed E-state index contributed by atoms with van der Waals surface area (Å²) < 4.78 is 1.85. The first-order valence-electron chi connectivity index (χ1n) is 6.80. The van der Waals surface area contributed by atoms with Crippen LogP contribution < -0.4 is 10.2 Å². The van der Waals surface area contributed by atoms with Gasteiger partial charge in [-0.2, -0.15) is 0 Å². The molecule has 20 heavy (non-hydrogen) atoms. The van der Waals surface area contributed by atoms with Crippen molar-refractivity contribution in [2.24, 2.45) is 0 Å². The van der Waals surface area contributed by atoms with Gasteiger partial charge in [-0.3, -0.25) is 9.20 Å². The average molecular weight is 271 g/mol. The number of anilines is 2. The first kappa shape index (κ1) is 12.7. The highest BCUT2D eigenvalue weighted by molar-refractivity contribution is 5.98. The number of fused-ring (bicyclic) bond motifs is 1. The van der Waals surface area contributed by atoms with Crippen molar-refractivity contribution in [3.8, 4) is 0 Å². The Morgan fingerprint density at radius 3 is 2.85 bits per heavy atom. The van der Waals surface area contributed by atoms with Crippen molar-refractivity contribution in [1.82, 2.24) is 14.4 Å². The molecule has 1 amide bonds. The molecule has 1 saturated heterocycles. The molecule has 0 radical (unpaired) electrons. The van der Waals surface area contributed by atoms with Gasteiger partial charge >= 0.3 is 0 Å². The van der Waals surface area contributed by atoms with Crippen LogP contribution in [0.15, 0.2) is 31.2 Å². The minimum absolute atomic E-state index is 0.247. The summed E-state index contributed by atoms with van der Waals surface area (Å²) in [7, 11) is 0. The molecular formula is C14H17N5O. The van der Waals surface area contributed by atoms with Crippen molar-refractivity contribution in [2.45, 2.75) is 19.3 Å². The standard InChI is InChI=1S/C14H17N5O/c1-2-12(20)17-11-10-16-14-13(15-6-9-19(11)14)18-7-4-3-5-8-18/h2,6,9-10H,1,3-5,7-8H2,(H,17,20). The number of imidazole rings is 1. The first-order valence-corrected chi connectivity index (χ1v) is 6.80. The van der Waals surface area contributed by atoms with E-state index >= 15 is 0 Å². The van der Waals surface area contributed by atoms with Crippen LogP contribution in [0.4, 0.5) is 11.6 Å². The molecule has 3 heterocycles. The van der Waals surface area contributed by atoms with Crippen LogP contribution in [-0.2, 0) is 4.79 Å². The lowest BCUT2D eigenvalue weighted by Crippen LogP contribution is -2.30. The van der Waals surface area contributed by atoms with Crippen molar-refractivity contribution < 1.29 is 4.79 Å². The number of hydrogen-bond donors (Lipinski definition) is 1. The first-order chi connectivity index (χ1) is 9.79. The Bertz CT molecular complexity index is 642. The van der Waals surface area contributed by atoms with Crippen LogP contribution in [0.25, 0.3) is 5.65 Å². The maximum Gasteiger partial charge on any atom is 0.248 e. The van der Waals surface area contributed by atoms with Gasteiger partial charge in [0.15, 0.2) is 11.5 Å². The highest BCUT2D eigenvalue weighted by atomic mass is 16.1. The molecule has 0 saturated carbocycles. The van der Waals surface area contributed by atoms with Gasteiger partial charge < -0.3 is 10.2 Å². The summed E-state index contributed by atoms with van der Waals surface area (Å²) in [5.41, 5.74) is 0.772. The predicted molar refractivity (Wildman–Crippen MR) is 77.9 cm³/mol. The molecule has 1 fully saturated rings. The Morgan fingerprint density at radius 1 is 1.30 bits per heavy atom. The lowest BCUT2D eigenvalue weighted by Gasteiger charge is -2.27. The highest BCUT2D eigenvalue weighted by Gasteiger charge is 2.17. The number of amides is 1. The third-order valence-electron chi connectivity index (χ3n) is 3.50. The van der Waals surface area contributed by atoms with E-state index in [1.165, 1.54) is 25.3 Å². The largest absolute Gasteiger partial charge is 0.354 e. The summed E-state index contributed by atoms with van der Waals surface area (Å²) in [5.74, 6) is 1.26. The fourth-order valence-corrected chi connectivity index (χ4v) is 2.50. The van der Waals surface area contributed by atoms with E-state index in [2.05, 4.69) is 26.8 Å². The zero-order valence-electron chi connectivity index (χ0n) is 11.2. The third-order valence-corrected chi connectivity index (χ3v) is 3.50. The molecule has 0 spiro atoms. The van der Waals surface area contributed by atoms with Gasteiger partial charge in [0.25, 0.3) is 0 Å². The minimum Gasteiger partial charge on any atom is -0.354 e. The molecule has 104 valence electrons. The van der Waals surface area contributed by atoms with Gasteiger partial charge in [0, 0.05) is 25.5 Å². The summed E-state index contributed by atoms with van der Waals surface area (Å²) in [4.78, 5) is 22.5. The van der Waals surface area contributed by atoms with Crippen LogP contribution in [-0.4, -0.2) is 33.4 Å². The molecule has 6 heteroatoms. The van der Waals surface area contributed by atoms with Crippen LogP contribution in [0.2, 0.25) is 0 Å². The molecule has 1 aliphatic heterocycles. The second-order valence-corrected chi connectivity index (χ2v) is 4.83. The number of aromatic nitrogens is 3. The van der Waals surface area contributed by atoms with Gasteiger partial charge in [-0.1, -0.05) is 6.58 Å². The molecule has 0 aromatic carbocycles. The SMILES string of the molecule is C=CC(=O)Nc1cnc2c(N3CCCCC3)nccn12. The van der Waals surface area contributed by atoms with E-state index in [0.29, 0.717) is 5.82 Å². The summed E-state index contributed by atoms with van der Waals surface area (Å²) in [6.45, 7) is 5.47. The number of nitrogens with one attached hydrogen (secondary N) is 1. The predicted octanol–water partition coefficient (Wildman–Crippen LogP) is 1.84. The molecule has 1 aliphatic rings. The number of rotatable bonds is 3. The van der Waals surface area contributed by atoms with Gasteiger partial charge in [-0.05, 0) is 25.3 Å². The smallest absolute Gasteiger partial charge is 0.248 e. The molecule has 0 unspecified atom stereocenters. The van der Waals surface area contributed by atoms with Crippen molar-refractivity contribution in [2.75, 3.05) is 23.3 Å². The van der Waals surface area contributed by atoms with Crippen molar-refractivity contribution in [3.63, 3.8) is 0 Å². The van der Waals surface area contributed by atoms with Crippen LogP contribution >= 0.6 is 0 Å². The number of carbonyl (C=O) groups excluding carboxylic acids is 1. The van der Waals surface area contributed by atoms with Gasteiger partial charge in [-0.25, -0.2) is 9.97 Å². The zero-order chi connectivity index (χ0) is 13.9. The Hall–Kier alpha value is -2.37. The lowest BCUT2D eigenvalue weighted by atomic mass is 10.1. The second kappa shape index (κ2) is 5.32. The minimum atomic E-state index is -0.247. The maximum atomic E-state index is 11.4. The molecule has 0 aliphatic carbocycles. The lowest BCUT2D eigenvalue weighted by molar-refractivity contribution is -0.111. The summed E-state index contributed by atoms with van der Waals surface area (Å²) in [6.07, 6.45) is 10.1. The number of nitrogens with zero attached hydrogens (tertiary/aromatic N) is 4. The summed E-state index contributed by atoms with van der Waals surface area (Å²) in [6, 6.07) is 0. The van der Waals surface area contributed by atoms with E-state index < -0.39 is 0 Å². The summed E-state index contributed by atoms with van der Waals surface area (Å²) in [5, 5.41) is 2.74. The van der Waals surface area contributed by atoms with E-state index in [0.717, 1.165) is 24.6 Å². The molecule has 0 atom stereocenters. The monoisotopic (exact) mass is 271 g/mol. The van der Waals surface area contributed by atoms with E-state index in [1.54, 1.807) is 18.6 Å². The Kier molecular flexibility index (Phi) is 3.37. The van der Waals surface area contributed by atoms with E-state index in [-0.39, 0.29) is 5.91 Å². The van der Waals surface area contributed by atoms with E-state index in [1.807, 2.05) is 4.40 Å². The van der Waals surface area contributed by atoms with E-state index in [9.17, 15) is 4.79 Å². The quantitative estimate of drug-likeness (QED) is 0.865. The van der Waals surface area contributed by atoms with Gasteiger partial charge in [0.1, 0.15) is 5.82 Å². The molecule has 3 rings (SSSR count). The normalized spacial score (nSPS) is 15.3. The number of hydrogen-bond acceptors (Lipinski definition) is 4. The molecule has 2 aromatic rings. The van der Waals surface area contributed by atoms with Crippen molar-refractivity contribution >= 4 is 23.2 Å². The van der Waals surface area contributed by atoms with Crippen LogP contribution in [0.5, 0.6) is 0 Å². The fourth-order valence-electron chi connectivity index (χ4n) is 2.50. The molecule has 6 nitrogen and oxygen atoms in total. The second-order valence-electron chi connectivity index (χ2n) is 4.83. The van der Waals surface area contributed by atoms with Crippen LogP contribution in [0.3, 0.4) is 0 Å². The molecule has 0 bridgehead atoms. The Labute approximate surface area is 117 Å². The maximum absolute atomic E-state index is 11.4. The van der Waals surface area contributed by atoms with E-state index in [4.69, 9.17) is 0 Å². The van der Waals surface area contributed by atoms with Gasteiger partial charge in [-0.15, -0.1) is 0 Å². The van der Waals surface area contributed by atoms with Crippen LogP contribution in [0, 0.1) is 0 Å². The average Bonchev–Trinajstić information content (AvgIpc) is 2.91. The molecular weight excluding hydrogens is 254 g/mol. The van der Waals surface area contributed by atoms with Crippen LogP contribution in [0.1, 0.15) is 19.3 Å². The van der Waals surface area contributed by atoms with Crippen molar-refractivity contribution in [1.29, 1.82) is 0 Å². The third kappa shape index (κ3) is 2.24. The zero-order valence-corrected chi connectivity index (χ0v) is 11.2. The summed E-state index contributed by atoms with van der Waals surface area (Å²) >= 11 is 0. The molecule has 2 aromatic heterocycles. The number of carbonyl (C=O) groups is 1. The topological polar surface area (TPSA) is 62.5 Å².